The van der Waals surface area contributed by atoms with Crippen LogP contribution in [0.3, 0.4) is 0 Å². The van der Waals surface area contributed by atoms with Crippen molar-refractivity contribution in [2.24, 2.45) is 11.8 Å². The van der Waals surface area contributed by atoms with Crippen molar-refractivity contribution in [2.75, 3.05) is 18.0 Å². The van der Waals surface area contributed by atoms with Gasteiger partial charge in [-0.05, 0) is 62.3 Å². The van der Waals surface area contributed by atoms with Crippen LogP contribution in [-0.2, 0) is 4.79 Å². The Labute approximate surface area is 187 Å². The molecule has 32 heavy (non-hydrogen) atoms. The number of anilines is 1. The average molecular weight is 446 g/mol. The minimum atomic E-state index is -0.645. The van der Waals surface area contributed by atoms with Crippen molar-refractivity contribution in [3.63, 3.8) is 0 Å². The van der Waals surface area contributed by atoms with E-state index in [1.54, 1.807) is 21.9 Å². The molecule has 1 fully saturated rings. The van der Waals surface area contributed by atoms with Gasteiger partial charge in [-0.3, -0.25) is 9.78 Å². The molecule has 3 rings (SSSR count). The topological polar surface area (TPSA) is 62.7 Å². The van der Waals surface area contributed by atoms with Gasteiger partial charge in [0.25, 0.3) is 0 Å². The molecule has 0 aliphatic carbocycles. The molecule has 0 spiro atoms. The van der Waals surface area contributed by atoms with E-state index in [0.717, 1.165) is 12.8 Å². The van der Waals surface area contributed by atoms with Crippen LogP contribution in [0.4, 0.5) is 19.3 Å². The second-order valence-electron chi connectivity index (χ2n) is 8.59. The van der Waals surface area contributed by atoms with Crippen molar-refractivity contribution in [3.05, 3.63) is 53.9 Å². The fourth-order valence-electron chi connectivity index (χ4n) is 4.19. The molecule has 2 aromatic rings. The van der Waals surface area contributed by atoms with Crippen LogP contribution in [0, 0.1) is 30.4 Å². The molecule has 0 N–H and O–H groups in total. The zero-order valence-electron chi connectivity index (χ0n) is 18.6. The predicted octanol–water partition coefficient (Wildman–Crippen LogP) is 4.96. The third-order valence-electron chi connectivity index (χ3n) is 5.88. The maximum Gasteiger partial charge on any atom is 0.415 e. The molecule has 0 radical (unpaired) electrons. The van der Waals surface area contributed by atoms with E-state index in [1.165, 1.54) is 31.3 Å². The van der Waals surface area contributed by atoms with Crippen molar-refractivity contribution >= 4 is 18.2 Å². The summed E-state index contributed by atoms with van der Waals surface area (Å²) in [6, 6.07) is 7.16. The lowest BCUT2D eigenvalue weighted by atomic mass is 9.84. The fraction of sp³-hybridized carbons (Fsp3) is 0.458. The van der Waals surface area contributed by atoms with Gasteiger partial charge in [0, 0.05) is 37.1 Å². The number of likely N-dealkylation sites (tertiary alicyclic amines) is 1. The van der Waals surface area contributed by atoms with Gasteiger partial charge in [0.05, 0.1) is 5.69 Å². The highest BCUT2D eigenvalue weighted by molar-refractivity contribution is 5.76. The maximum atomic E-state index is 14.1. The number of halogens is 2. The number of hydrogen-bond acceptors (Lipinski definition) is 4. The molecule has 0 bridgehead atoms. The van der Waals surface area contributed by atoms with Crippen molar-refractivity contribution in [1.82, 2.24) is 9.88 Å². The van der Waals surface area contributed by atoms with Crippen LogP contribution in [-0.4, -0.2) is 41.5 Å². The number of benzene rings is 1. The number of amides is 2. The summed E-state index contributed by atoms with van der Waals surface area (Å²) < 4.78 is 32.7. The number of ether oxygens (including phenoxy) is 1. The molecule has 1 aromatic heterocycles. The molecule has 1 aliphatic heterocycles. The van der Waals surface area contributed by atoms with Crippen LogP contribution in [0.2, 0.25) is 0 Å². The summed E-state index contributed by atoms with van der Waals surface area (Å²) in [5.74, 6) is -0.618. The van der Waals surface area contributed by atoms with E-state index in [-0.39, 0.29) is 29.2 Å². The van der Waals surface area contributed by atoms with Gasteiger partial charge in [-0.15, -0.1) is 0 Å². The first-order chi connectivity index (χ1) is 15.3. The minimum Gasteiger partial charge on any atom is -0.407 e. The Hall–Kier alpha value is -3.03. The van der Waals surface area contributed by atoms with Crippen LogP contribution >= 0.6 is 0 Å². The van der Waals surface area contributed by atoms with Gasteiger partial charge >= 0.3 is 6.09 Å². The van der Waals surface area contributed by atoms with E-state index in [4.69, 9.17) is 4.74 Å². The molecule has 2 heterocycles. The molecule has 1 aromatic carbocycles. The summed E-state index contributed by atoms with van der Waals surface area (Å²) in [5, 5.41) is 0. The minimum absolute atomic E-state index is 0.0728. The number of carbonyl (C=O) groups excluding carboxylic acids is 2. The number of aryl methyl sites for hydroxylation is 1. The first kappa shape index (κ1) is 23.6. The van der Waals surface area contributed by atoms with Gasteiger partial charge in [-0.25, -0.2) is 13.6 Å². The summed E-state index contributed by atoms with van der Waals surface area (Å²) in [6.45, 7) is 6.59. The molecular weight excluding hydrogens is 416 g/mol. The standard InChI is InChI=1S/C24H29F2N3O3/c1-16(2)14-21(29(15-30)20-6-4-19(25)5-7-20)18-9-12-28(13-10-18)24(31)32-22-8-11-27-17(3)23(22)26/h4-8,11,15-16,18,21H,9-10,12-14H2,1-3H3. The lowest BCUT2D eigenvalue weighted by Crippen LogP contribution is -2.47. The molecular formula is C24H29F2N3O3. The number of carbonyl (C=O) groups is 2. The molecule has 6 nitrogen and oxygen atoms in total. The van der Waals surface area contributed by atoms with Crippen LogP contribution in [0.25, 0.3) is 0 Å². The van der Waals surface area contributed by atoms with Crippen molar-refractivity contribution in [3.8, 4) is 5.75 Å². The number of nitrogens with zero attached hydrogens (tertiary/aromatic N) is 3. The summed E-state index contributed by atoms with van der Waals surface area (Å²) in [4.78, 5) is 31.6. The maximum absolute atomic E-state index is 14.1. The first-order valence-electron chi connectivity index (χ1n) is 10.9. The Morgan fingerprint density at radius 2 is 1.88 bits per heavy atom. The highest BCUT2D eigenvalue weighted by Gasteiger charge is 2.33. The number of rotatable bonds is 7. The Morgan fingerprint density at radius 3 is 2.47 bits per heavy atom. The quantitative estimate of drug-likeness (QED) is 0.566. The average Bonchev–Trinajstić information content (AvgIpc) is 2.78. The fourth-order valence-corrected chi connectivity index (χ4v) is 4.19. The lowest BCUT2D eigenvalue weighted by molar-refractivity contribution is -0.108. The second-order valence-corrected chi connectivity index (χ2v) is 8.59. The molecule has 1 atom stereocenters. The highest BCUT2D eigenvalue weighted by Crippen LogP contribution is 2.31. The van der Waals surface area contributed by atoms with Gasteiger partial charge in [0.15, 0.2) is 11.6 Å². The number of piperidine rings is 1. The van der Waals surface area contributed by atoms with Crippen LogP contribution in [0.1, 0.15) is 38.8 Å². The normalized spacial score (nSPS) is 15.5. The van der Waals surface area contributed by atoms with Crippen molar-refractivity contribution in [2.45, 2.75) is 46.1 Å². The Morgan fingerprint density at radius 1 is 1.22 bits per heavy atom. The summed E-state index contributed by atoms with van der Waals surface area (Å²) in [6.07, 6.45) is 3.74. The molecule has 1 aliphatic rings. The van der Waals surface area contributed by atoms with E-state index in [9.17, 15) is 18.4 Å². The SMILES string of the molecule is Cc1nccc(OC(=O)N2CCC(C(CC(C)C)N(C=O)c3ccc(F)cc3)CC2)c1F. The second kappa shape index (κ2) is 10.5. The monoisotopic (exact) mass is 445 g/mol. The Kier molecular flexibility index (Phi) is 7.77. The molecule has 8 heteroatoms. The molecule has 172 valence electrons. The largest absolute Gasteiger partial charge is 0.415 e. The number of pyridine rings is 1. The van der Waals surface area contributed by atoms with Crippen LogP contribution in [0.15, 0.2) is 36.5 Å². The highest BCUT2D eigenvalue weighted by atomic mass is 19.1. The van der Waals surface area contributed by atoms with Crippen molar-refractivity contribution < 1.29 is 23.1 Å². The molecule has 0 saturated carbocycles. The van der Waals surface area contributed by atoms with Gasteiger partial charge < -0.3 is 14.5 Å². The zero-order valence-corrected chi connectivity index (χ0v) is 18.6. The third kappa shape index (κ3) is 5.60. The Bertz CT molecular complexity index is 929. The number of hydrogen-bond donors (Lipinski definition) is 0. The summed E-state index contributed by atoms with van der Waals surface area (Å²) in [5.41, 5.74) is 0.817. The van der Waals surface area contributed by atoms with Gasteiger partial charge in [-0.2, -0.15) is 0 Å². The first-order valence-corrected chi connectivity index (χ1v) is 10.9. The predicted molar refractivity (Wildman–Crippen MR) is 117 cm³/mol. The van der Waals surface area contributed by atoms with Gasteiger partial charge in [0.2, 0.25) is 6.41 Å². The summed E-state index contributed by atoms with van der Waals surface area (Å²) in [7, 11) is 0. The van der Waals surface area contributed by atoms with Crippen LogP contribution in [0.5, 0.6) is 5.75 Å². The molecule has 1 saturated heterocycles. The molecule has 2 amide bonds. The van der Waals surface area contributed by atoms with E-state index in [2.05, 4.69) is 18.8 Å². The summed E-state index contributed by atoms with van der Waals surface area (Å²) >= 11 is 0. The smallest absolute Gasteiger partial charge is 0.407 e. The van der Waals surface area contributed by atoms with Crippen LogP contribution < -0.4 is 9.64 Å². The van der Waals surface area contributed by atoms with E-state index in [1.807, 2.05) is 0 Å². The van der Waals surface area contributed by atoms with Crippen molar-refractivity contribution in [1.29, 1.82) is 0 Å². The number of aromatic nitrogens is 1. The van der Waals surface area contributed by atoms with E-state index < -0.39 is 11.9 Å². The zero-order chi connectivity index (χ0) is 23.3. The molecule has 1 unspecified atom stereocenters. The van der Waals surface area contributed by atoms with E-state index >= 15 is 0 Å². The Balaban J connectivity index is 1.68. The third-order valence-corrected chi connectivity index (χ3v) is 5.88. The lowest BCUT2D eigenvalue weighted by Gasteiger charge is -2.40. The van der Waals surface area contributed by atoms with Gasteiger partial charge in [-0.1, -0.05) is 13.8 Å². The van der Waals surface area contributed by atoms with Gasteiger partial charge in [0.1, 0.15) is 5.82 Å². The van der Waals surface area contributed by atoms with E-state index in [0.29, 0.717) is 37.5 Å².